The number of hydrogen-bond donors (Lipinski definition) is 2. The second-order valence-corrected chi connectivity index (χ2v) is 3.59. The summed E-state index contributed by atoms with van der Waals surface area (Å²) >= 11 is 0. The van der Waals surface area contributed by atoms with Gasteiger partial charge >= 0.3 is 5.97 Å². The van der Waals surface area contributed by atoms with Gasteiger partial charge in [-0.05, 0) is 32.2 Å². The first kappa shape index (κ1) is 10.5. The van der Waals surface area contributed by atoms with Crippen LogP contribution in [0, 0.1) is 5.92 Å². The van der Waals surface area contributed by atoms with E-state index >= 15 is 0 Å². The van der Waals surface area contributed by atoms with Crippen LogP contribution in [0.15, 0.2) is 0 Å². The monoisotopic (exact) mass is 186 g/mol. The first-order valence-electron chi connectivity index (χ1n) is 4.86. The molecule has 0 radical (unpaired) electrons. The molecule has 0 saturated carbocycles. The second kappa shape index (κ2) is 5.19. The smallest absolute Gasteiger partial charge is 0.303 e. The van der Waals surface area contributed by atoms with Gasteiger partial charge in [-0.15, -0.1) is 0 Å². The fourth-order valence-electron chi connectivity index (χ4n) is 1.77. The van der Waals surface area contributed by atoms with Crippen LogP contribution in [0.5, 0.6) is 0 Å². The minimum atomic E-state index is -0.670. The Morgan fingerprint density at radius 3 is 2.62 bits per heavy atom. The number of carbonyl (C=O) groups is 1. The number of rotatable bonds is 4. The minimum absolute atomic E-state index is 0.324. The highest BCUT2D eigenvalue weighted by atomic mass is 16.4. The largest absolute Gasteiger partial charge is 0.481 e. The van der Waals surface area contributed by atoms with Crippen molar-refractivity contribution < 1.29 is 9.90 Å². The lowest BCUT2D eigenvalue weighted by Gasteiger charge is -2.30. The number of carboxylic acid groups (broad SMARTS) is 1. The number of aliphatic carboxylic acids is 1. The topological polar surface area (TPSA) is 52.6 Å². The quantitative estimate of drug-likeness (QED) is 0.678. The van der Waals surface area contributed by atoms with Crippen LogP contribution in [0.3, 0.4) is 0 Å². The van der Waals surface area contributed by atoms with Crippen molar-refractivity contribution >= 4 is 5.97 Å². The third-order valence-electron chi connectivity index (χ3n) is 2.70. The van der Waals surface area contributed by atoms with E-state index in [0.29, 0.717) is 12.3 Å². The lowest BCUT2D eigenvalue weighted by Crippen LogP contribution is -2.41. The highest BCUT2D eigenvalue weighted by molar-refractivity contribution is 5.66. The number of hydrogen-bond acceptors (Lipinski definition) is 3. The SMILES string of the molecule is CNN1CCC(CCC(=O)O)CC1. The summed E-state index contributed by atoms with van der Waals surface area (Å²) < 4.78 is 0. The summed E-state index contributed by atoms with van der Waals surface area (Å²) in [7, 11) is 1.93. The number of carboxylic acids is 1. The van der Waals surface area contributed by atoms with Gasteiger partial charge in [-0.3, -0.25) is 10.2 Å². The van der Waals surface area contributed by atoms with Crippen LogP contribution in [0.4, 0.5) is 0 Å². The molecular formula is C9H18N2O2. The molecule has 2 N–H and O–H groups in total. The molecule has 13 heavy (non-hydrogen) atoms. The van der Waals surface area contributed by atoms with Crippen LogP contribution < -0.4 is 5.43 Å². The molecule has 4 heteroatoms. The van der Waals surface area contributed by atoms with E-state index < -0.39 is 5.97 Å². The van der Waals surface area contributed by atoms with Crippen molar-refractivity contribution in [2.24, 2.45) is 5.92 Å². The normalized spacial score (nSPS) is 20.4. The first-order valence-corrected chi connectivity index (χ1v) is 4.86. The molecule has 1 aliphatic rings. The molecule has 0 amide bonds. The van der Waals surface area contributed by atoms with Gasteiger partial charge < -0.3 is 5.11 Å². The van der Waals surface area contributed by atoms with E-state index in [1.54, 1.807) is 0 Å². The Morgan fingerprint density at radius 2 is 2.15 bits per heavy atom. The maximum absolute atomic E-state index is 10.3. The third-order valence-corrected chi connectivity index (χ3v) is 2.70. The van der Waals surface area contributed by atoms with Gasteiger partial charge in [0.05, 0.1) is 0 Å². The zero-order chi connectivity index (χ0) is 9.68. The molecule has 0 spiro atoms. The lowest BCUT2D eigenvalue weighted by molar-refractivity contribution is -0.137. The Balaban J connectivity index is 2.14. The summed E-state index contributed by atoms with van der Waals surface area (Å²) in [6.45, 7) is 2.08. The lowest BCUT2D eigenvalue weighted by atomic mass is 9.93. The van der Waals surface area contributed by atoms with Crippen LogP contribution in [-0.4, -0.2) is 36.2 Å². The molecule has 0 unspecified atom stereocenters. The van der Waals surface area contributed by atoms with E-state index in [-0.39, 0.29) is 0 Å². The van der Waals surface area contributed by atoms with Crippen molar-refractivity contribution in [3.63, 3.8) is 0 Å². The molecule has 0 aliphatic carbocycles. The van der Waals surface area contributed by atoms with Crippen molar-refractivity contribution in [2.75, 3.05) is 20.1 Å². The van der Waals surface area contributed by atoms with Gasteiger partial charge in [0.25, 0.3) is 0 Å². The van der Waals surface area contributed by atoms with Gasteiger partial charge in [0.1, 0.15) is 0 Å². The molecule has 1 aliphatic heterocycles. The third kappa shape index (κ3) is 3.74. The Hall–Kier alpha value is -0.610. The minimum Gasteiger partial charge on any atom is -0.481 e. The Bertz CT molecular complexity index is 165. The van der Waals surface area contributed by atoms with E-state index in [1.807, 2.05) is 7.05 Å². The van der Waals surface area contributed by atoms with Crippen molar-refractivity contribution in [3.05, 3.63) is 0 Å². The van der Waals surface area contributed by atoms with E-state index in [9.17, 15) is 4.79 Å². The summed E-state index contributed by atoms with van der Waals surface area (Å²) in [6.07, 6.45) is 3.40. The molecule has 4 nitrogen and oxygen atoms in total. The maximum Gasteiger partial charge on any atom is 0.303 e. The Morgan fingerprint density at radius 1 is 1.54 bits per heavy atom. The van der Waals surface area contributed by atoms with Crippen LogP contribution in [0.25, 0.3) is 0 Å². The fraction of sp³-hybridized carbons (Fsp3) is 0.889. The summed E-state index contributed by atoms with van der Waals surface area (Å²) in [5.41, 5.74) is 3.11. The van der Waals surface area contributed by atoms with E-state index in [2.05, 4.69) is 10.4 Å². The van der Waals surface area contributed by atoms with E-state index in [4.69, 9.17) is 5.11 Å². The molecule has 1 heterocycles. The average Bonchev–Trinajstić information content (AvgIpc) is 2.15. The van der Waals surface area contributed by atoms with Crippen LogP contribution in [0.1, 0.15) is 25.7 Å². The number of nitrogens with zero attached hydrogens (tertiary/aromatic N) is 1. The highest BCUT2D eigenvalue weighted by Crippen LogP contribution is 2.20. The Labute approximate surface area is 78.9 Å². The standard InChI is InChI=1S/C9H18N2O2/c1-10-11-6-4-8(5-7-11)2-3-9(12)13/h8,10H,2-7H2,1H3,(H,12,13). The molecule has 0 aromatic rings. The van der Waals surface area contributed by atoms with Crippen LogP contribution in [0.2, 0.25) is 0 Å². The Kier molecular flexibility index (Phi) is 4.18. The summed E-state index contributed by atoms with van der Waals surface area (Å²) in [4.78, 5) is 10.3. The molecule has 76 valence electrons. The highest BCUT2D eigenvalue weighted by Gasteiger charge is 2.18. The predicted octanol–water partition coefficient (Wildman–Crippen LogP) is 0.698. The second-order valence-electron chi connectivity index (χ2n) is 3.59. The number of hydrazine groups is 1. The van der Waals surface area contributed by atoms with Gasteiger partial charge in [0.15, 0.2) is 0 Å². The number of piperidine rings is 1. The summed E-state index contributed by atoms with van der Waals surface area (Å²) in [5, 5.41) is 10.7. The predicted molar refractivity (Wildman–Crippen MR) is 50.2 cm³/mol. The number of nitrogens with one attached hydrogen (secondary N) is 1. The molecule has 1 fully saturated rings. The zero-order valence-corrected chi connectivity index (χ0v) is 8.12. The van der Waals surface area contributed by atoms with Crippen molar-refractivity contribution in [1.82, 2.24) is 10.4 Å². The maximum atomic E-state index is 10.3. The van der Waals surface area contributed by atoms with Gasteiger partial charge in [0, 0.05) is 19.5 Å². The summed E-state index contributed by atoms with van der Waals surface area (Å²) in [5.74, 6) is -0.0586. The van der Waals surface area contributed by atoms with Crippen molar-refractivity contribution in [1.29, 1.82) is 0 Å². The fourth-order valence-corrected chi connectivity index (χ4v) is 1.77. The van der Waals surface area contributed by atoms with Crippen LogP contribution in [-0.2, 0) is 4.79 Å². The van der Waals surface area contributed by atoms with Crippen molar-refractivity contribution in [3.8, 4) is 0 Å². The van der Waals surface area contributed by atoms with Gasteiger partial charge in [-0.25, -0.2) is 5.01 Å². The molecule has 1 rings (SSSR count). The average molecular weight is 186 g/mol. The van der Waals surface area contributed by atoms with Crippen LogP contribution >= 0.6 is 0 Å². The molecule has 0 bridgehead atoms. The molecule has 0 aromatic carbocycles. The van der Waals surface area contributed by atoms with Gasteiger partial charge in [-0.2, -0.15) is 0 Å². The van der Waals surface area contributed by atoms with E-state index in [1.165, 1.54) is 0 Å². The first-order chi connectivity index (χ1) is 6.22. The molecule has 0 atom stereocenters. The molecule has 0 aromatic heterocycles. The molecular weight excluding hydrogens is 168 g/mol. The summed E-state index contributed by atoms with van der Waals surface area (Å²) in [6, 6.07) is 0. The van der Waals surface area contributed by atoms with Crippen molar-refractivity contribution in [2.45, 2.75) is 25.7 Å². The van der Waals surface area contributed by atoms with Gasteiger partial charge in [0.2, 0.25) is 0 Å². The zero-order valence-electron chi connectivity index (χ0n) is 8.12. The van der Waals surface area contributed by atoms with E-state index in [0.717, 1.165) is 32.4 Å². The molecule has 1 saturated heterocycles. The van der Waals surface area contributed by atoms with Gasteiger partial charge in [-0.1, -0.05) is 0 Å².